The predicted molar refractivity (Wildman–Crippen MR) is 150 cm³/mol. The lowest BCUT2D eigenvalue weighted by atomic mass is 10.2. The molecule has 3 aromatic carbocycles. The van der Waals surface area contributed by atoms with Crippen molar-refractivity contribution in [3.05, 3.63) is 113 Å². The van der Waals surface area contributed by atoms with Gasteiger partial charge in [0.2, 0.25) is 5.95 Å². The highest BCUT2D eigenvalue weighted by atomic mass is 32.2. The number of nitrogens with one attached hydrogen (secondary N) is 1. The van der Waals surface area contributed by atoms with Crippen LogP contribution in [0, 0.1) is 6.92 Å². The van der Waals surface area contributed by atoms with E-state index in [9.17, 15) is 4.79 Å². The van der Waals surface area contributed by atoms with Crippen LogP contribution in [0.4, 0.5) is 5.95 Å². The highest BCUT2D eigenvalue weighted by Gasteiger charge is 2.23. The van der Waals surface area contributed by atoms with Crippen LogP contribution in [0.5, 0.6) is 0 Å². The zero-order valence-corrected chi connectivity index (χ0v) is 21.2. The molecule has 0 unspecified atom stereocenters. The first-order valence-corrected chi connectivity index (χ1v) is 13.2. The smallest absolute Gasteiger partial charge is 0.269 e. The van der Waals surface area contributed by atoms with E-state index in [-0.39, 0.29) is 5.56 Å². The number of anilines is 1. The number of thioether (sulfide) groups is 1. The standard InChI is InChI=1S/C29H24N6OS/c1-19-23-25(24-26(31-19)35(33-27(24)37-2)22-16-10-5-11-17-22)32-29(30-18-20-12-6-3-7-13-20)34(28(23)36)21-14-8-4-9-15-21/h3-17H,18H2,1-2H3,(H,30,32). The molecule has 182 valence electrons. The Bertz CT molecular complexity index is 1780. The lowest BCUT2D eigenvalue weighted by Crippen LogP contribution is -2.24. The molecule has 0 radical (unpaired) electrons. The van der Waals surface area contributed by atoms with E-state index in [4.69, 9.17) is 15.1 Å². The molecule has 0 saturated heterocycles. The monoisotopic (exact) mass is 504 g/mol. The number of aryl methyl sites for hydroxylation is 1. The molecule has 0 bridgehead atoms. The molecular formula is C29H24N6OS. The molecule has 37 heavy (non-hydrogen) atoms. The Kier molecular flexibility index (Phi) is 5.94. The summed E-state index contributed by atoms with van der Waals surface area (Å²) in [5.41, 5.74) is 4.46. The van der Waals surface area contributed by atoms with Crippen LogP contribution in [-0.2, 0) is 6.54 Å². The first-order chi connectivity index (χ1) is 18.2. The third-order valence-electron chi connectivity index (χ3n) is 6.29. The summed E-state index contributed by atoms with van der Waals surface area (Å²) in [6, 6.07) is 29.5. The van der Waals surface area contributed by atoms with Gasteiger partial charge in [0, 0.05) is 6.54 Å². The van der Waals surface area contributed by atoms with Crippen molar-refractivity contribution < 1.29 is 0 Å². The number of para-hydroxylation sites is 2. The van der Waals surface area contributed by atoms with Gasteiger partial charge in [-0.2, -0.15) is 5.10 Å². The molecular weight excluding hydrogens is 480 g/mol. The number of rotatable bonds is 6. The lowest BCUT2D eigenvalue weighted by Gasteiger charge is -2.16. The average molecular weight is 505 g/mol. The van der Waals surface area contributed by atoms with Crippen LogP contribution in [0.15, 0.2) is 101 Å². The Morgan fingerprint density at radius 2 is 1.43 bits per heavy atom. The maximum Gasteiger partial charge on any atom is 0.269 e. The largest absolute Gasteiger partial charge is 0.351 e. The lowest BCUT2D eigenvalue weighted by molar-refractivity contribution is 0.851. The van der Waals surface area contributed by atoms with Gasteiger partial charge >= 0.3 is 0 Å². The van der Waals surface area contributed by atoms with Crippen molar-refractivity contribution in [3.63, 3.8) is 0 Å². The van der Waals surface area contributed by atoms with Gasteiger partial charge in [0.25, 0.3) is 5.56 Å². The number of hydrogen-bond acceptors (Lipinski definition) is 6. The molecule has 7 nitrogen and oxygen atoms in total. The van der Waals surface area contributed by atoms with Crippen molar-refractivity contribution in [2.45, 2.75) is 18.5 Å². The van der Waals surface area contributed by atoms with Crippen LogP contribution in [0.1, 0.15) is 11.3 Å². The van der Waals surface area contributed by atoms with E-state index in [1.165, 1.54) is 11.8 Å². The van der Waals surface area contributed by atoms with Gasteiger partial charge in [-0.1, -0.05) is 66.7 Å². The van der Waals surface area contributed by atoms with Crippen LogP contribution in [0.3, 0.4) is 0 Å². The highest BCUT2D eigenvalue weighted by molar-refractivity contribution is 7.98. The minimum atomic E-state index is -0.168. The Balaban J connectivity index is 1.66. The van der Waals surface area contributed by atoms with Gasteiger partial charge in [0.05, 0.1) is 33.4 Å². The summed E-state index contributed by atoms with van der Waals surface area (Å²) in [6.45, 7) is 2.38. The normalized spacial score (nSPS) is 11.3. The second-order valence-corrected chi connectivity index (χ2v) is 9.42. The Morgan fingerprint density at radius 3 is 2.08 bits per heavy atom. The van der Waals surface area contributed by atoms with Gasteiger partial charge in [0.1, 0.15) is 5.03 Å². The minimum absolute atomic E-state index is 0.168. The third-order valence-corrected chi connectivity index (χ3v) is 6.96. The molecule has 0 aliphatic heterocycles. The molecule has 0 aliphatic rings. The summed E-state index contributed by atoms with van der Waals surface area (Å²) in [7, 11) is 0. The minimum Gasteiger partial charge on any atom is -0.351 e. The highest BCUT2D eigenvalue weighted by Crippen LogP contribution is 2.33. The van der Waals surface area contributed by atoms with Crippen LogP contribution >= 0.6 is 11.8 Å². The molecule has 0 fully saturated rings. The first-order valence-electron chi connectivity index (χ1n) is 11.9. The maximum atomic E-state index is 14.1. The average Bonchev–Trinajstić information content (AvgIpc) is 3.32. The van der Waals surface area contributed by atoms with Gasteiger partial charge in [-0.25, -0.2) is 19.2 Å². The van der Waals surface area contributed by atoms with Gasteiger partial charge in [-0.15, -0.1) is 11.8 Å². The molecule has 0 saturated carbocycles. The van der Waals surface area contributed by atoms with E-state index in [0.29, 0.717) is 34.7 Å². The van der Waals surface area contributed by atoms with Crippen molar-refractivity contribution in [1.29, 1.82) is 0 Å². The Labute approximate surface area is 217 Å². The van der Waals surface area contributed by atoms with Gasteiger partial charge in [0.15, 0.2) is 5.65 Å². The van der Waals surface area contributed by atoms with Crippen LogP contribution in [-0.4, -0.2) is 30.6 Å². The van der Waals surface area contributed by atoms with Crippen molar-refractivity contribution >= 4 is 39.6 Å². The molecule has 3 heterocycles. The third kappa shape index (κ3) is 4.05. The van der Waals surface area contributed by atoms with Crippen LogP contribution in [0.25, 0.3) is 33.3 Å². The van der Waals surface area contributed by atoms with E-state index < -0.39 is 0 Å². The van der Waals surface area contributed by atoms with Gasteiger partial charge in [-0.3, -0.25) is 4.79 Å². The maximum absolute atomic E-state index is 14.1. The molecule has 0 amide bonds. The molecule has 6 aromatic rings. The Morgan fingerprint density at radius 1 is 0.811 bits per heavy atom. The topological polar surface area (TPSA) is 77.6 Å². The molecule has 8 heteroatoms. The zero-order chi connectivity index (χ0) is 25.4. The summed E-state index contributed by atoms with van der Waals surface area (Å²) in [5.74, 6) is 0.471. The van der Waals surface area contributed by atoms with Crippen molar-refractivity contribution in [2.24, 2.45) is 0 Å². The summed E-state index contributed by atoms with van der Waals surface area (Å²) in [4.78, 5) is 24.1. The zero-order valence-electron chi connectivity index (χ0n) is 20.4. The van der Waals surface area contributed by atoms with E-state index in [2.05, 4.69) is 5.32 Å². The molecule has 0 spiro atoms. The number of benzene rings is 3. The SMILES string of the molecule is CSc1nn(-c2ccccc2)c2nc(C)c3c(=O)n(-c4ccccc4)c(NCc4ccccc4)nc3c12. The fourth-order valence-electron chi connectivity index (χ4n) is 4.55. The molecule has 3 aromatic heterocycles. The number of hydrogen-bond donors (Lipinski definition) is 1. The van der Waals surface area contributed by atoms with E-state index in [1.807, 2.05) is 109 Å². The van der Waals surface area contributed by atoms with Crippen molar-refractivity contribution in [1.82, 2.24) is 24.3 Å². The second kappa shape index (κ2) is 9.55. The van der Waals surface area contributed by atoms with Crippen LogP contribution < -0.4 is 10.9 Å². The number of aromatic nitrogens is 5. The Hall–Kier alpha value is -4.43. The summed E-state index contributed by atoms with van der Waals surface area (Å²) in [5, 5.41) is 10.3. The molecule has 0 atom stereocenters. The van der Waals surface area contributed by atoms with Crippen molar-refractivity contribution in [3.8, 4) is 11.4 Å². The number of nitrogens with zero attached hydrogens (tertiary/aromatic N) is 5. The van der Waals surface area contributed by atoms with Gasteiger partial charge in [-0.05, 0) is 43.0 Å². The summed E-state index contributed by atoms with van der Waals surface area (Å²) >= 11 is 1.52. The summed E-state index contributed by atoms with van der Waals surface area (Å²) in [6.07, 6.45) is 1.97. The molecule has 6 rings (SSSR count). The summed E-state index contributed by atoms with van der Waals surface area (Å²) < 4.78 is 3.46. The van der Waals surface area contributed by atoms with E-state index >= 15 is 0 Å². The first kappa shape index (κ1) is 23.0. The van der Waals surface area contributed by atoms with Crippen molar-refractivity contribution in [2.75, 3.05) is 11.6 Å². The van der Waals surface area contributed by atoms with Gasteiger partial charge < -0.3 is 5.32 Å². The fourth-order valence-corrected chi connectivity index (χ4v) is 5.10. The van der Waals surface area contributed by atoms with E-state index in [0.717, 1.165) is 27.4 Å². The van der Waals surface area contributed by atoms with Crippen LogP contribution in [0.2, 0.25) is 0 Å². The molecule has 0 aliphatic carbocycles. The quantitative estimate of drug-likeness (QED) is 0.291. The second-order valence-electron chi connectivity index (χ2n) is 8.63. The molecule has 1 N–H and O–H groups in total. The predicted octanol–water partition coefficient (Wildman–Crippen LogP) is 5.76. The number of pyridine rings is 1. The van der Waals surface area contributed by atoms with E-state index in [1.54, 1.807) is 4.57 Å². The fraction of sp³-hybridized carbons (Fsp3) is 0.103. The number of fused-ring (bicyclic) bond motifs is 3.